The van der Waals surface area contributed by atoms with Crippen molar-refractivity contribution in [2.75, 3.05) is 13.2 Å². The molecule has 0 saturated heterocycles. The van der Waals surface area contributed by atoms with Crippen LogP contribution in [0.3, 0.4) is 0 Å². The molecule has 0 heterocycles. The molecule has 9 nitrogen and oxygen atoms in total. The summed E-state index contributed by atoms with van der Waals surface area (Å²) in [5.74, 6) is 0. The lowest BCUT2D eigenvalue weighted by molar-refractivity contribution is 0.0387. The van der Waals surface area contributed by atoms with Gasteiger partial charge in [-0.1, -0.05) is 18.2 Å². The van der Waals surface area contributed by atoms with Crippen LogP contribution in [0, 0.1) is 0 Å². The topological polar surface area (TPSA) is 129 Å². The molecule has 24 heavy (non-hydrogen) atoms. The largest absolute Gasteiger partial charge is 0.515 e. The van der Waals surface area contributed by atoms with Crippen LogP contribution in [0.4, 0.5) is 9.59 Å². The zero-order valence-corrected chi connectivity index (χ0v) is 14.0. The number of benzene rings is 1. The zero-order chi connectivity index (χ0) is 18.2. The highest BCUT2D eigenvalue weighted by Crippen LogP contribution is 2.47. The summed E-state index contributed by atoms with van der Waals surface area (Å²) in [4.78, 5) is 23.2. The van der Waals surface area contributed by atoms with Gasteiger partial charge in [-0.05, 0) is 26.0 Å². The van der Waals surface area contributed by atoms with E-state index in [1.807, 2.05) is 0 Å². The Labute approximate surface area is 138 Å². The molecule has 0 aromatic heterocycles. The SMILES string of the molecule is CC(O)COC(=O)OP(=O)(OC(=O)OCC(C)O)c1ccccc1. The molecule has 0 saturated carbocycles. The van der Waals surface area contributed by atoms with E-state index in [0.29, 0.717) is 0 Å². The van der Waals surface area contributed by atoms with Gasteiger partial charge in [0.05, 0.1) is 17.5 Å². The third-order valence-corrected chi connectivity index (χ3v) is 4.06. The van der Waals surface area contributed by atoms with E-state index in [0.717, 1.165) is 0 Å². The first kappa shape index (κ1) is 20.0. The molecule has 0 fully saturated rings. The summed E-state index contributed by atoms with van der Waals surface area (Å²) >= 11 is 0. The molecule has 2 N–H and O–H groups in total. The first-order valence-electron chi connectivity index (χ1n) is 6.97. The number of ether oxygens (including phenoxy) is 2. The van der Waals surface area contributed by atoms with Crippen LogP contribution in [0.25, 0.3) is 0 Å². The quantitative estimate of drug-likeness (QED) is 0.548. The monoisotopic (exact) mass is 362 g/mol. The van der Waals surface area contributed by atoms with Crippen LogP contribution in [0.15, 0.2) is 30.3 Å². The number of aliphatic hydroxyl groups is 2. The number of hydrogen-bond acceptors (Lipinski definition) is 9. The summed E-state index contributed by atoms with van der Waals surface area (Å²) in [7, 11) is -4.42. The Morgan fingerprint density at radius 2 is 1.38 bits per heavy atom. The minimum Gasteiger partial charge on any atom is -0.431 e. The molecule has 1 aromatic carbocycles. The van der Waals surface area contributed by atoms with Crippen molar-refractivity contribution in [1.82, 2.24) is 0 Å². The molecule has 134 valence electrons. The fraction of sp³-hybridized carbons (Fsp3) is 0.429. The lowest BCUT2D eigenvalue weighted by Crippen LogP contribution is -2.22. The number of rotatable bonds is 7. The molecular formula is C14H19O9P. The van der Waals surface area contributed by atoms with E-state index in [1.54, 1.807) is 6.07 Å². The smallest absolute Gasteiger partial charge is 0.431 e. The van der Waals surface area contributed by atoms with E-state index in [-0.39, 0.29) is 18.5 Å². The molecule has 0 bridgehead atoms. The average Bonchev–Trinajstić information content (AvgIpc) is 2.51. The second kappa shape index (κ2) is 9.27. The maximum absolute atomic E-state index is 12.8. The molecule has 0 aliphatic carbocycles. The highest BCUT2D eigenvalue weighted by atomic mass is 31.2. The maximum atomic E-state index is 12.8. The Kier molecular flexibility index (Phi) is 7.70. The van der Waals surface area contributed by atoms with Crippen molar-refractivity contribution in [2.24, 2.45) is 0 Å². The van der Waals surface area contributed by atoms with Crippen LogP contribution < -0.4 is 5.30 Å². The molecule has 10 heteroatoms. The van der Waals surface area contributed by atoms with Gasteiger partial charge in [0, 0.05) is 0 Å². The summed E-state index contributed by atoms with van der Waals surface area (Å²) in [6.07, 6.45) is -4.67. The third-order valence-electron chi connectivity index (χ3n) is 2.35. The Balaban J connectivity index is 2.86. The van der Waals surface area contributed by atoms with Crippen molar-refractivity contribution in [3.8, 4) is 0 Å². The van der Waals surface area contributed by atoms with E-state index >= 15 is 0 Å². The standard InChI is InChI=1S/C14H19O9P/c1-10(15)8-20-13(17)22-24(19,12-6-4-3-5-7-12)23-14(18)21-9-11(2)16/h3-7,10-11,15-16H,8-9H2,1-2H3. The van der Waals surface area contributed by atoms with Gasteiger partial charge in [0.15, 0.2) is 0 Å². The Hall–Kier alpha value is -2.09. The van der Waals surface area contributed by atoms with Gasteiger partial charge in [-0.3, -0.25) is 0 Å². The van der Waals surface area contributed by atoms with Crippen LogP contribution in [0.5, 0.6) is 0 Å². The van der Waals surface area contributed by atoms with Gasteiger partial charge in [0.25, 0.3) is 0 Å². The van der Waals surface area contributed by atoms with Gasteiger partial charge >= 0.3 is 19.9 Å². The molecular weight excluding hydrogens is 343 g/mol. The second-order valence-electron chi connectivity index (χ2n) is 4.84. The number of aliphatic hydroxyl groups excluding tert-OH is 2. The van der Waals surface area contributed by atoms with Crippen molar-refractivity contribution in [1.29, 1.82) is 0 Å². The summed E-state index contributed by atoms with van der Waals surface area (Å²) < 4.78 is 31.1. The highest BCUT2D eigenvalue weighted by Gasteiger charge is 2.37. The summed E-state index contributed by atoms with van der Waals surface area (Å²) in [6, 6.07) is 7.26. The molecule has 0 amide bonds. The summed E-state index contributed by atoms with van der Waals surface area (Å²) in [5, 5.41) is 18.0. The number of hydrogen-bond donors (Lipinski definition) is 2. The zero-order valence-electron chi connectivity index (χ0n) is 13.2. The van der Waals surface area contributed by atoms with Gasteiger partial charge in [-0.15, -0.1) is 0 Å². The van der Waals surface area contributed by atoms with Gasteiger partial charge in [0.1, 0.15) is 13.2 Å². The van der Waals surface area contributed by atoms with Gasteiger partial charge in [-0.25, -0.2) is 14.2 Å². The Morgan fingerprint density at radius 3 is 1.75 bits per heavy atom. The van der Waals surface area contributed by atoms with Crippen LogP contribution in [-0.2, 0) is 23.1 Å². The Bertz CT molecular complexity index is 555. The molecule has 1 aromatic rings. The highest BCUT2D eigenvalue weighted by molar-refractivity contribution is 7.63. The minimum absolute atomic E-state index is 0.0759. The summed E-state index contributed by atoms with van der Waals surface area (Å²) in [5.41, 5.74) is 0. The van der Waals surface area contributed by atoms with E-state index in [2.05, 4.69) is 18.5 Å². The van der Waals surface area contributed by atoms with Crippen molar-refractivity contribution >= 4 is 25.2 Å². The van der Waals surface area contributed by atoms with Gasteiger partial charge in [-0.2, -0.15) is 0 Å². The number of carbonyl (C=O) groups excluding carboxylic acids is 2. The average molecular weight is 362 g/mol. The maximum Gasteiger partial charge on any atom is 0.515 e. The van der Waals surface area contributed by atoms with E-state index < -0.39 is 32.1 Å². The molecule has 2 unspecified atom stereocenters. The lowest BCUT2D eigenvalue weighted by Gasteiger charge is -2.18. The van der Waals surface area contributed by atoms with E-state index in [9.17, 15) is 14.2 Å². The van der Waals surface area contributed by atoms with E-state index in [4.69, 9.17) is 10.2 Å². The molecule has 0 aliphatic rings. The van der Waals surface area contributed by atoms with Crippen molar-refractivity contribution in [2.45, 2.75) is 26.1 Å². The molecule has 1 rings (SSSR count). The first-order chi connectivity index (χ1) is 11.2. The summed E-state index contributed by atoms with van der Waals surface area (Å²) in [6.45, 7) is 1.96. The molecule has 0 radical (unpaired) electrons. The van der Waals surface area contributed by atoms with Crippen LogP contribution >= 0.6 is 7.60 Å². The van der Waals surface area contributed by atoms with Crippen molar-refractivity contribution < 1.29 is 42.9 Å². The van der Waals surface area contributed by atoms with Crippen LogP contribution in [0.1, 0.15) is 13.8 Å². The van der Waals surface area contributed by atoms with Crippen molar-refractivity contribution in [3.05, 3.63) is 30.3 Å². The predicted molar refractivity (Wildman–Crippen MR) is 81.9 cm³/mol. The lowest BCUT2D eigenvalue weighted by atomic mass is 10.4. The van der Waals surface area contributed by atoms with Crippen LogP contribution in [0.2, 0.25) is 0 Å². The normalized spacial score (nSPS) is 15.5. The van der Waals surface area contributed by atoms with Crippen LogP contribution in [-0.4, -0.2) is 47.9 Å². The van der Waals surface area contributed by atoms with Crippen molar-refractivity contribution in [3.63, 3.8) is 0 Å². The fourth-order valence-corrected chi connectivity index (χ4v) is 2.64. The Morgan fingerprint density at radius 1 is 0.958 bits per heavy atom. The number of carbonyl (C=O) groups is 2. The van der Waals surface area contributed by atoms with Gasteiger partial charge in [0.2, 0.25) is 0 Å². The first-order valence-corrected chi connectivity index (χ1v) is 8.51. The molecule has 2 atom stereocenters. The third kappa shape index (κ3) is 6.99. The molecule has 0 aliphatic heterocycles. The predicted octanol–water partition coefficient (Wildman–Crippen LogP) is 1.57. The second-order valence-corrected chi connectivity index (χ2v) is 6.71. The van der Waals surface area contributed by atoms with E-state index in [1.165, 1.54) is 38.1 Å². The fourth-order valence-electron chi connectivity index (χ4n) is 1.36. The molecule has 0 spiro atoms. The van der Waals surface area contributed by atoms with Gasteiger partial charge < -0.3 is 28.7 Å². The minimum atomic E-state index is -4.42.